The third-order valence-electron chi connectivity index (χ3n) is 4.24. The van der Waals surface area contributed by atoms with Crippen molar-refractivity contribution in [1.82, 2.24) is 0 Å². The fourth-order valence-electron chi connectivity index (χ4n) is 3.27. The summed E-state index contributed by atoms with van der Waals surface area (Å²) >= 11 is 0. The van der Waals surface area contributed by atoms with Gasteiger partial charge in [0.2, 0.25) is 0 Å². The van der Waals surface area contributed by atoms with E-state index in [4.69, 9.17) is 4.74 Å². The summed E-state index contributed by atoms with van der Waals surface area (Å²) in [6, 6.07) is 8.80. The Balaban J connectivity index is 1.66. The molecule has 1 saturated carbocycles. The van der Waals surface area contributed by atoms with Gasteiger partial charge in [0.25, 0.3) is 0 Å². The third kappa shape index (κ3) is 2.55. The fourth-order valence-corrected chi connectivity index (χ4v) is 3.27. The van der Waals surface area contributed by atoms with Crippen molar-refractivity contribution >= 4 is 0 Å². The number of aryl methyl sites for hydroxylation is 1. The van der Waals surface area contributed by atoms with E-state index in [9.17, 15) is 0 Å². The number of hydrogen-bond acceptors (Lipinski definition) is 1. The predicted octanol–water partition coefficient (Wildman–Crippen LogP) is 4.41. The van der Waals surface area contributed by atoms with Crippen molar-refractivity contribution in [1.29, 1.82) is 0 Å². The minimum Gasteiger partial charge on any atom is -0.370 e. The summed E-state index contributed by atoms with van der Waals surface area (Å²) in [7, 11) is 0. The van der Waals surface area contributed by atoms with Gasteiger partial charge in [0.15, 0.2) is 0 Å². The van der Waals surface area contributed by atoms with Crippen molar-refractivity contribution in [2.75, 3.05) is 0 Å². The maximum Gasteiger partial charge on any atom is 0.0834 e. The number of hydrogen-bond donors (Lipinski definition) is 0. The smallest absolute Gasteiger partial charge is 0.0834 e. The zero-order valence-electron chi connectivity index (χ0n) is 10.5. The maximum atomic E-state index is 6.36. The molecule has 92 valence electrons. The molecule has 1 aromatic carbocycles. The molecule has 0 spiro atoms. The zero-order chi connectivity index (χ0) is 11.5. The van der Waals surface area contributed by atoms with Crippen LogP contribution in [0.3, 0.4) is 0 Å². The molecule has 1 fully saturated rings. The lowest BCUT2D eigenvalue weighted by Crippen LogP contribution is -2.14. The van der Waals surface area contributed by atoms with Crippen molar-refractivity contribution in [3.05, 3.63) is 35.4 Å². The summed E-state index contributed by atoms with van der Waals surface area (Å²) in [6.07, 6.45) is 11.4. The lowest BCUT2D eigenvalue weighted by molar-refractivity contribution is -0.0197. The van der Waals surface area contributed by atoms with E-state index in [1.54, 1.807) is 0 Å². The highest BCUT2D eigenvalue weighted by atomic mass is 16.5. The molecule has 0 amide bonds. The Morgan fingerprint density at radius 3 is 2.47 bits per heavy atom. The van der Waals surface area contributed by atoms with Crippen LogP contribution in [0.15, 0.2) is 24.3 Å². The van der Waals surface area contributed by atoms with E-state index in [-0.39, 0.29) is 0 Å². The van der Waals surface area contributed by atoms with Crippen molar-refractivity contribution in [2.45, 2.75) is 63.6 Å². The van der Waals surface area contributed by atoms with E-state index in [0.717, 1.165) is 0 Å². The lowest BCUT2D eigenvalue weighted by Gasteiger charge is -2.21. The van der Waals surface area contributed by atoms with Gasteiger partial charge in [-0.3, -0.25) is 0 Å². The second kappa shape index (κ2) is 5.22. The SMILES string of the molecule is c1ccc2c(c1)CCC2OC1CCCCCC1. The zero-order valence-corrected chi connectivity index (χ0v) is 10.5. The minimum atomic E-state index is 0.384. The first-order valence-corrected chi connectivity index (χ1v) is 7.17. The lowest BCUT2D eigenvalue weighted by atomic mass is 10.1. The van der Waals surface area contributed by atoms with E-state index >= 15 is 0 Å². The summed E-state index contributed by atoms with van der Waals surface area (Å²) in [6.45, 7) is 0. The monoisotopic (exact) mass is 230 g/mol. The Labute approximate surface area is 104 Å². The van der Waals surface area contributed by atoms with Gasteiger partial charge in [0.05, 0.1) is 12.2 Å². The molecule has 0 heterocycles. The van der Waals surface area contributed by atoms with Gasteiger partial charge in [-0.15, -0.1) is 0 Å². The van der Waals surface area contributed by atoms with Gasteiger partial charge >= 0.3 is 0 Å². The molecule has 17 heavy (non-hydrogen) atoms. The molecule has 3 rings (SSSR count). The molecule has 0 bridgehead atoms. The van der Waals surface area contributed by atoms with Gasteiger partial charge in [0, 0.05) is 0 Å². The van der Waals surface area contributed by atoms with Crippen molar-refractivity contribution in [3.63, 3.8) is 0 Å². The second-order valence-corrected chi connectivity index (χ2v) is 5.48. The molecule has 1 nitrogen and oxygen atoms in total. The molecule has 1 atom stereocenters. The quantitative estimate of drug-likeness (QED) is 0.684. The highest BCUT2D eigenvalue weighted by Gasteiger charge is 2.25. The van der Waals surface area contributed by atoms with Crippen LogP contribution in [0.1, 0.15) is 62.2 Å². The second-order valence-electron chi connectivity index (χ2n) is 5.48. The molecule has 0 aliphatic heterocycles. The Morgan fingerprint density at radius 2 is 1.65 bits per heavy atom. The number of benzene rings is 1. The predicted molar refractivity (Wildman–Crippen MR) is 70.1 cm³/mol. The molecule has 0 radical (unpaired) electrons. The van der Waals surface area contributed by atoms with Gasteiger partial charge in [-0.1, -0.05) is 49.9 Å². The Bertz CT molecular complexity index is 364. The van der Waals surface area contributed by atoms with Crippen LogP contribution < -0.4 is 0 Å². The average Bonchev–Trinajstić information content (AvgIpc) is 2.59. The van der Waals surface area contributed by atoms with Gasteiger partial charge in [0.1, 0.15) is 0 Å². The largest absolute Gasteiger partial charge is 0.370 e. The number of rotatable bonds is 2. The van der Waals surface area contributed by atoms with Crippen LogP contribution in [0.5, 0.6) is 0 Å². The molecule has 1 unspecified atom stereocenters. The fraction of sp³-hybridized carbons (Fsp3) is 0.625. The van der Waals surface area contributed by atoms with Crippen molar-refractivity contribution < 1.29 is 4.74 Å². The Morgan fingerprint density at radius 1 is 0.882 bits per heavy atom. The summed E-state index contributed by atoms with van der Waals surface area (Å²) in [4.78, 5) is 0. The third-order valence-corrected chi connectivity index (χ3v) is 4.24. The van der Waals surface area contributed by atoms with Crippen LogP contribution in [0.4, 0.5) is 0 Å². The Hall–Kier alpha value is -0.820. The molecule has 0 aromatic heterocycles. The average molecular weight is 230 g/mol. The van der Waals surface area contributed by atoms with Crippen LogP contribution >= 0.6 is 0 Å². The van der Waals surface area contributed by atoms with Crippen molar-refractivity contribution in [2.24, 2.45) is 0 Å². The maximum absolute atomic E-state index is 6.36. The molecule has 1 heteroatoms. The molecule has 1 aromatic rings. The summed E-state index contributed by atoms with van der Waals surface area (Å²) in [5.41, 5.74) is 2.96. The number of fused-ring (bicyclic) bond motifs is 1. The number of ether oxygens (including phenoxy) is 1. The van der Waals surface area contributed by atoms with Gasteiger partial charge in [-0.2, -0.15) is 0 Å². The first kappa shape index (κ1) is 11.3. The summed E-state index contributed by atoms with van der Waals surface area (Å²) in [5.74, 6) is 0. The Kier molecular flexibility index (Phi) is 3.46. The molecule has 0 saturated heterocycles. The van der Waals surface area contributed by atoms with E-state index < -0.39 is 0 Å². The molecular formula is C16H22O. The molecule has 2 aliphatic rings. The molecule has 2 aliphatic carbocycles. The van der Waals surface area contributed by atoms with Crippen LogP contribution in [0.2, 0.25) is 0 Å². The van der Waals surface area contributed by atoms with E-state index in [1.807, 2.05) is 0 Å². The normalized spacial score (nSPS) is 25.5. The van der Waals surface area contributed by atoms with Gasteiger partial charge in [-0.05, 0) is 36.8 Å². The van der Waals surface area contributed by atoms with Gasteiger partial charge < -0.3 is 4.74 Å². The van der Waals surface area contributed by atoms with Crippen LogP contribution in [0.25, 0.3) is 0 Å². The molecule has 0 N–H and O–H groups in total. The van der Waals surface area contributed by atoms with E-state index in [1.165, 1.54) is 62.5 Å². The standard InChI is InChI=1S/C16H22O/c1-2-4-9-14(8-3-1)17-16-12-11-13-7-5-6-10-15(13)16/h5-7,10,14,16H,1-4,8-9,11-12H2. The highest BCUT2D eigenvalue weighted by molar-refractivity contribution is 5.33. The van der Waals surface area contributed by atoms with E-state index in [0.29, 0.717) is 12.2 Å². The van der Waals surface area contributed by atoms with Crippen LogP contribution in [-0.2, 0) is 11.2 Å². The van der Waals surface area contributed by atoms with Crippen molar-refractivity contribution in [3.8, 4) is 0 Å². The molecular weight excluding hydrogens is 208 g/mol. The van der Waals surface area contributed by atoms with Crippen LogP contribution in [0, 0.1) is 0 Å². The summed E-state index contributed by atoms with van der Waals surface area (Å²) < 4.78 is 6.36. The highest BCUT2D eigenvalue weighted by Crippen LogP contribution is 2.36. The first-order chi connectivity index (χ1) is 8.43. The summed E-state index contributed by atoms with van der Waals surface area (Å²) in [5, 5.41) is 0. The minimum absolute atomic E-state index is 0.384. The van der Waals surface area contributed by atoms with E-state index in [2.05, 4.69) is 24.3 Å². The van der Waals surface area contributed by atoms with Gasteiger partial charge in [-0.25, -0.2) is 0 Å². The first-order valence-electron chi connectivity index (χ1n) is 7.17. The topological polar surface area (TPSA) is 9.23 Å². The van der Waals surface area contributed by atoms with Crippen LogP contribution in [-0.4, -0.2) is 6.10 Å².